The lowest BCUT2D eigenvalue weighted by molar-refractivity contribution is 0.336. The van der Waals surface area contributed by atoms with E-state index in [1.807, 2.05) is 0 Å². The van der Waals surface area contributed by atoms with Gasteiger partial charge in [0.05, 0.1) is 14.2 Å². The largest absolute Gasteiger partial charge is 0.497 e. The zero-order valence-corrected chi connectivity index (χ0v) is 18.8. The van der Waals surface area contributed by atoms with Gasteiger partial charge in [-0.1, -0.05) is 56.1 Å². The van der Waals surface area contributed by atoms with Gasteiger partial charge in [-0.15, -0.1) is 0 Å². The summed E-state index contributed by atoms with van der Waals surface area (Å²) in [6.07, 6.45) is 4.61. The van der Waals surface area contributed by atoms with E-state index in [4.69, 9.17) is 9.47 Å². The third-order valence-electron chi connectivity index (χ3n) is 4.89. The fourth-order valence-corrected chi connectivity index (χ4v) is 4.40. The normalized spacial score (nSPS) is 13.2. The monoisotopic (exact) mass is 482 g/mol. The van der Waals surface area contributed by atoms with E-state index in [1.165, 1.54) is 24.0 Å². The van der Waals surface area contributed by atoms with Crippen LogP contribution >= 0.6 is 31.9 Å². The van der Waals surface area contributed by atoms with Crippen LogP contribution in [-0.2, 0) is 12.8 Å². The minimum absolute atomic E-state index is 0.601. The van der Waals surface area contributed by atoms with Crippen LogP contribution < -0.4 is 9.47 Å². The molecule has 0 radical (unpaired) electrons. The molecule has 2 nitrogen and oxygen atoms in total. The fourth-order valence-electron chi connectivity index (χ4n) is 3.32. The molecule has 0 aromatic heterocycles. The van der Waals surface area contributed by atoms with E-state index < -0.39 is 0 Å². The lowest BCUT2D eigenvalue weighted by Crippen LogP contribution is -2.21. The summed E-state index contributed by atoms with van der Waals surface area (Å²) in [5.74, 6) is 3.08. The van der Waals surface area contributed by atoms with Gasteiger partial charge in [-0.2, -0.15) is 0 Å². The molecule has 0 aliphatic heterocycles. The van der Waals surface area contributed by atoms with Crippen molar-refractivity contribution in [3.8, 4) is 11.5 Å². The number of halogens is 2. The summed E-state index contributed by atoms with van der Waals surface area (Å²) < 4.78 is 10.6. The van der Waals surface area contributed by atoms with Gasteiger partial charge in [-0.05, 0) is 72.9 Å². The van der Waals surface area contributed by atoms with Gasteiger partial charge in [0.15, 0.2) is 0 Å². The van der Waals surface area contributed by atoms with Crippen LogP contribution in [0.3, 0.4) is 0 Å². The van der Waals surface area contributed by atoms with Gasteiger partial charge in [0.25, 0.3) is 0 Å². The number of alkyl halides is 2. The van der Waals surface area contributed by atoms with E-state index in [9.17, 15) is 0 Å². The van der Waals surface area contributed by atoms with Crippen molar-refractivity contribution >= 4 is 31.9 Å². The third-order valence-corrected chi connectivity index (χ3v) is 6.28. The molecule has 0 heterocycles. The highest BCUT2D eigenvalue weighted by Gasteiger charge is 2.21. The van der Waals surface area contributed by atoms with Crippen LogP contribution in [0.15, 0.2) is 48.5 Å². The van der Waals surface area contributed by atoms with Gasteiger partial charge in [0.2, 0.25) is 0 Å². The first-order chi connectivity index (χ1) is 12.7. The standard InChI is InChI=1S/C22H28Br2O2/c1-25-21-9-5-17(6-10-21)14-19(4-3-13-23)20(16-24)15-18-7-11-22(26-2)12-8-18/h5-12,19-20H,3-4,13-16H2,1-2H3/t19-,20+/m1/s1. The molecule has 0 aliphatic carbocycles. The summed E-state index contributed by atoms with van der Waals surface area (Å²) in [6.45, 7) is 0. The molecule has 0 N–H and O–H groups in total. The average molecular weight is 484 g/mol. The van der Waals surface area contributed by atoms with Crippen molar-refractivity contribution in [3.63, 3.8) is 0 Å². The van der Waals surface area contributed by atoms with E-state index in [0.29, 0.717) is 11.8 Å². The molecular formula is C22H28Br2O2. The maximum absolute atomic E-state index is 5.28. The second-order valence-electron chi connectivity index (χ2n) is 6.61. The number of rotatable bonds is 11. The highest BCUT2D eigenvalue weighted by atomic mass is 79.9. The number of methoxy groups -OCH3 is 2. The van der Waals surface area contributed by atoms with Crippen molar-refractivity contribution in [2.75, 3.05) is 24.9 Å². The first kappa shape index (κ1) is 21.3. The van der Waals surface area contributed by atoms with Crippen molar-refractivity contribution in [1.29, 1.82) is 0 Å². The lowest BCUT2D eigenvalue weighted by Gasteiger charge is -2.26. The molecule has 26 heavy (non-hydrogen) atoms. The smallest absolute Gasteiger partial charge is 0.118 e. The van der Waals surface area contributed by atoms with Crippen molar-refractivity contribution in [1.82, 2.24) is 0 Å². The first-order valence-electron chi connectivity index (χ1n) is 9.08. The van der Waals surface area contributed by atoms with Crippen LogP contribution in [0.5, 0.6) is 11.5 Å². The molecule has 0 unspecified atom stereocenters. The molecule has 2 atom stereocenters. The van der Waals surface area contributed by atoms with Gasteiger partial charge in [-0.25, -0.2) is 0 Å². The summed E-state index contributed by atoms with van der Waals surface area (Å²) in [6, 6.07) is 17.0. The topological polar surface area (TPSA) is 18.5 Å². The maximum atomic E-state index is 5.28. The quantitative estimate of drug-likeness (QED) is 0.349. The van der Waals surface area contributed by atoms with Crippen molar-refractivity contribution in [2.24, 2.45) is 11.8 Å². The van der Waals surface area contributed by atoms with Crippen LogP contribution in [0.25, 0.3) is 0 Å². The van der Waals surface area contributed by atoms with Gasteiger partial charge >= 0.3 is 0 Å². The van der Waals surface area contributed by atoms with Crippen LogP contribution in [0.2, 0.25) is 0 Å². The van der Waals surface area contributed by atoms with E-state index in [0.717, 1.165) is 35.0 Å². The Kier molecular flexibility index (Phi) is 9.55. The van der Waals surface area contributed by atoms with Gasteiger partial charge < -0.3 is 9.47 Å². The lowest BCUT2D eigenvalue weighted by atomic mass is 9.81. The van der Waals surface area contributed by atoms with Crippen LogP contribution in [0.1, 0.15) is 24.0 Å². The minimum atomic E-state index is 0.601. The second kappa shape index (κ2) is 11.7. The molecule has 0 saturated carbocycles. The first-order valence-corrected chi connectivity index (χ1v) is 11.3. The van der Waals surface area contributed by atoms with E-state index >= 15 is 0 Å². The van der Waals surface area contributed by atoms with Gasteiger partial charge in [0, 0.05) is 10.7 Å². The Morgan fingerprint density at radius 3 is 1.58 bits per heavy atom. The predicted octanol–water partition coefficient (Wildman–Crippen LogP) is 6.29. The Balaban J connectivity index is 2.09. The number of hydrogen-bond donors (Lipinski definition) is 0. The van der Waals surface area contributed by atoms with Crippen LogP contribution in [0, 0.1) is 11.8 Å². The third kappa shape index (κ3) is 6.62. The van der Waals surface area contributed by atoms with Crippen LogP contribution in [-0.4, -0.2) is 24.9 Å². The summed E-state index contributed by atoms with van der Waals surface area (Å²) >= 11 is 7.37. The molecular weight excluding hydrogens is 456 g/mol. The molecule has 2 aromatic rings. The molecule has 4 heteroatoms. The Labute approximate surface area is 174 Å². The highest BCUT2D eigenvalue weighted by Crippen LogP contribution is 2.29. The molecule has 0 aliphatic rings. The summed E-state index contributed by atoms with van der Waals surface area (Å²) in [7, 11) is 3.42. The van der Waals surface area contributed by atoms with E-state index in [1.54, 1.807) is 14.2 Å². The number of benzene rings is 2. The molecule has 2 aromatic carbocycles. The van der Waals surface area contributed by atoms with E-state index in [2.05, 4.69) is 80.4 Å². The SMILES string of the molecule is COc1ccc(C[C@@H](CBr)[C@H](CCCBr)Cc2ccc(OC)cc2)cc1. The minimum Gasteiger partial charge on any atom is -0.497 e. The second-order valence-corrected chi connectivity index (χ2v) is 8.05. The molecule has 0 spiro atoms. The Morgan fingerprint density at radius 1 is 0.731 bits per heavy atom. The fraction of sp³-hybridized carbons (Fsp3) is 0.455. The zero-order chi connectivity index (χ0) is 18.8. The van der Waals surface area contributed by atoms with Crippen molar-refractivity contribution in [2.45, 2.75) is 25.7 Å². The Morgan fingerprint density at radius 2 is 1.19 bits per heavy atom. The average Bonchev–Trinajstić information content (AvgIpc) is 2.70. The molecule has 0 amide bonds. The van der Waals surface area contributed by atoms with Gasteiger partial charge in [0.1, 0.15) is 11.5 Å². The predicted molar refractivity (Wildman–Crippen MR) is 117 cm³/mol. The summed E-state index contributed by atoms with van der Waals surface area (Å²) in [5.41, 5.74) is 2.75. The van der Waals surface area contributed by atoms with E-state index in [-0.39, 0.29) is 0 Å². The Hall–Kier alpha value is -1.00. The highest BCUT2D eigenvalue weighted by molar-refractivity contribution is 9.09. The molecule has 0 bridgehead atoms. The maximum Gasteiger partial charge on any atom is 0.118 e. The molecule has 142 valence electrons. The van der Waals surface area contributed by atoms with Crippen molar-refractivity contribution < 1.29 is 9.47 Å². The van der Waals surface area contributed by atoms with Crippen molar-refractivity contribution in [3.05, 3.63) is 59.7 Å². The summed E-state index contributed by atoms with van der Waals surface area (Å²) in [5, 5.41) is 2.08. The van der Waals surface area contributed by atoms with Crippen LogP contribution in [0.4, 0.5) is 0 Å². The summed E-state index contributed by atoms with van der Waals surface area (Å²) in [4.78, 5) is 0. The zero-order valence-electron chi connectivity index (χ0n) is 15.6. The number of hydrogen-bond acceptors (Lipinski definition) is 2. The number of ether oxygens (including phenoxy) is 2. The molecule has 0 saturated heterocycles. The van der Waals surface area contributed by atoms with Gasteiger partial charge in [-0.3, -0.25) is 0 Å². The Bertz CT molecular complexity index is 626. The molecule has 2 rings (SSSR count). The molecule has 0 fully saturated rings.